The summed E-state index contributed by atoms with van der Waals surface area (Å²) in [6.45, 7) is 3.70. The molecule has 0 aliphatic heterocycles. The molecule has 4 nitrogen and oxygen atoms in total. The van der Waals surface area contributed by atoms with Crippen LogP contribution in [0.2, 0.25) is 10.4 Å². The highest BCUT2D eigenvalue weighted by Crippen LogP contribution is 2.13. The van der Waals surface area contributed by atoms with Gasteiger partial charge in [0.25, 0.3) is 5.91 Å². The van der Waals surface area contributed by atoms with Gasteiger partial charge < -0.3 is 5.32 Å². The molecule has 76 valence electrons. The molecule has 0 fully saturated rings. The summed E-state index contributed by atoms with van der Waals surface area (Å²) < 4.78 is 0. The van der Waals surface area contributed by atoms with E-state index in [1.807, 2.05) is 13.8 Å². The highest BCUT2D eigenvalue weighted by atomic mass is 35.5. The van der Waals surface area contributed by atoms with E-state index in [1.165, 1.54) is 6.20 Å². The Morgan fingerprint density at radius 1 is 1.50 bits per heavy atom. The fraction of sp³-hybridized carbons (Fsp3) is 0.375. The topological polar surface area (TPSA) is 54.9 Å². The van der Waals surface area contributed by atoms with Crippen LogP contribution in [0.3, 0.4) is 0 Å². The van der Waals surface area contributed by atoms with E-state index in [4.69, 9.17) is 23.2 Å². The van der Waals surface area contributed by atoms with Gasteiger partial charge in [-0.3, -0.25) is 4.79 Å². The molecule has 0 radical (unpaired) electrons. The summed E-state index contributed by atoms with van der Waals surface area (Å²) >= 11 is 11.2. The number of nitrogens with zero attached hydrogens (tertiary/aromatic N) is 2. The molecule has 1 aromatic rings. The lowest BCUT2D eigenvalue weighted by Crippen LogP contribution is -2.30. The zero-order valence-corrected chi connectivity index (χ0v) is 9.23. The van der Waals surface area contributed by atoms with Gasteiger partial charge >= 0.3 is 0 Å². The summed E-state index contributed by atoms with van der Waals surface area (Å²) in [6, 6.07) is 0.0363. The second-order valence-electron chi connectivity index (χ2n) is 2.97. The number of aromatic nitrogens is 2. The highest BCUT2D eigenvalue weighted by molar-refractivity contribution is 6.34. The molecule has 1 heterocycles. The molecule has 1 amide bonds. The molecule has 14 heavy (non-hydrogen) atoms. The van der Waals surface area contributed by atoms with Crippen molar-refractivity contribution in [2.75, 3.05) is 0 Å². The van der Waals surface area contributed by atoms with Gasteiger partial charge in [-0.1, -0.05) is 11.6 Å². The van der Waals surface area contributed by atoms with Crippen LogP contribution in [0, 0.1) is 0 Å². The largest absolute Gasteiger partial charge is 0.350 e. The van der Waals surface area contributed by atoms with Gasteiger partial charge in [-0.05, 0) is 25.4 Å². The van der Waals surface area contributed by atoms with E-state index >= 15 is 0 Å². The van der Waals surface area contributed by atoms with E-state index in [-0.39, 0.29) is 27.9 Å². The van der Waals surface area contributed by atoms with E-state index in [0.29, 0.717) is 0 Å². The Kier molecular flexibility index (Phi) is 3.66. The first kappa shape index (κ1) is 11.2. The molecule has 0 bridgehead atoms. The average molecular weight is 234 g/mol. The van der Waals surface area contributed by atoms with Gasteiger partial charge in [0.1, 0.15) is 5.15 Å². The van der Waals surface area contributed by atoms with Crippen LogP contribution in [0.4, 0.5) is 0 Å². The van der Waals surface area contributed by atoms with Crippen molar-refractivity contribution >= 4 is 29.1 Å². The molecule has 0 aromatic carbocycles. The molecule has 1 N–H and O–H groups in total. The van der Waals surface area contributed by atoms with Crippen molar-refractivity contribution in [2.24, 2.45) is 0 Å². The number of nitrogens with one attached hydrogen (secondary N) is 1. The number of amides is 1. The normalized spacial score (nSPS) is 10.4. The molecule has 0 unspecified atom stereocenters. The Morgan fingerprint density at radius 2 is 2.14 bits per heavy atom. The van der Waals surface area contributed by atoms with Gasteiger partial charge in [-0.25, -0.2) is 9.97 Å². The van der Waals surface area contributed by atoms with Crippen LogP contribution < -0.4 is 5.32 Å². The molecular formula is C8H9Cl2N3O. The SMILES string of the molecule is CC(C)NC(=O)c1cnc(Cl)nc1Cl. The van der Waals surface area contributed by atoms with Gasteiger partial charge in [0.15, 0.2) is 0 Å². The van der Waals surface area contributed by atoms with Crippen LogP contribution >= 0.6 is 23.2 Å². The number of hydrogen-bond donors (Lipinski definition) is 1. The maximum Gasteiger partial charge on any atom is 0.256 e. The molecule has 0 saturated carbocycles. The van der Waals surface area contributed by atoms with Gasteiger partial charge in [-0.15, -0.1) is 0 Å². The number of hydrogen-bond acceptors (Lipinski definition) is 3. The van der Waals surface area contributed by atoms with Gasteiger partial charge in [0, 0.05) is 12.2 Å². The number of halogens is 2. The second-order valence-corrected chi connectivity index (χ2v) is 3.67. The third-order valence-electron chi connectivity index (χ3n) is 1.38. The van der Waals surface area contributed by atoms with Crippen LogP contribution in [0.25, 0.3) is 0 Å². The molecule has 0 atom stereocenters. The number of carbonyl (C=O) groups is 1. The highest BCUT2D eigenvalue weighted by Gasteiger charge is 2.13. The van der Waals surface area contributed by atoms with Crippen LogP contribution in [0.1, 0.15) is 24.2 Å². The quantitative estimate of drug-likeness (QED) is 0.628. The summed E-state index contributed by atoms with van der Waals surface area (Å²) in [5.74, 6) is -0.304. The van der Waals surface area contributed by atoms with Crippen molar-refractivity contribution < 1.29 is 4.79 Å². The summed E-state index contributed by atoms with van der Waals surface area (Å²) in [4.78, 5) is 18.8. The molecular weight excluding hydrogens is 225 g/mol. The van der Waals surface area contributed by atoms with Crippen molar-refractivity contribution in [1.82, 2.24) is 15.3 Å². The maximum absolute atomic E-state index is 11.5. The standard InChI is InChI=1S/C8H9Cl2N3O/c1-4(2)12-7(14)5-3-11-8(10)13-6(5)9/h3-4H,1-2H3,(H,12,14). The zero-order chi connectivity index (χ0) is 10.7. The monoisotopic (exact) mass is 233 g/mol. The third kappa shape index (κ3) is 2.82. The first-order valence-corrected chi connectivity index (χ1v) is 4.75. The number of rotatable bonds is 2. The Labute approximate surface area is 91.6 Å². The smallest absolute Gasteiger partial charge is 0.256 e. The minimum absolute atomic E-state index is 0.0242. The van der Waals surface area contributed by atoms with E-state index < -0.39 is 0 Å². The van der Waals surface area contributed by atoms with Crippen molar-refractivity contribution in [3.05, 3.63) is 22.2 Å². The summed E-state index contributed by atoms with van der Waals surface area (Å²) in [5, 5.41) is 2.76. The van der Waals surface area contributed by atoms with Crippen LogP contribution in [-0.2, 0) is 0 Å². The molecule has 0 spiro atoms. The van der Waals surface area contributed by atoms with Crippen LogP contribution in [-0.4, -0.2) is 21.9 Å². The summed E-state index contributed by atoms with van der Waals surface area (Å²) in [6.07, 6.45) is 1.30. The predicted octanol–water partition coefficient (Wildman–Crippen LogP) is 1.92. The Morgan fingerprint density at radius 3 is 2.64 bits per heavy atom. The summed E-state index contributed by atoms with van der Waals surface area (Å²) in [7, 11) is 0. The fourth-order valence-electron chi connectivity index (χ4n) is 0.833. The molecule has 0 aliphatic carbocycles. The molecule has 1 rings (SSSR count). The van der Waals surface area contributed by atoms with Crippen molar-refractivity contribution in [1.29, 1.82) is 0 Å². The molecule has 1 aromatic heterocycles. The Hall–Kier alpha value is -0.870. The predicted molar refractivity (Wildman–Crippen MR) is 54.7 cm³/mol. The van der Waals surface area contributed by atoms with E-state index in [2.05, 4.69) is 15.3 Å². The van der Waals surface area contributed by atoms with Crippen molar-refractivity contribution in [2.45, 2.75) is 19.9 Å². The maximum atomic E-state index is 11.5. The molecule has 0 saturated heterocycles. The van der Waals surface area contributed by atoms with E-state index in [1.54, 1.807) is 0 Å². The lowest BCUT2D eigenvalue weighted by molar-refractivity contribution is 0.0942. The third-order valence-corrected chi connectivity index (χ3v) is 1.85. The average Bonchev–Trinajstić information content (AvgIpc) is 2.01. The van der Waals surface area contributed by atoms with Gasteiger partial charge in [-0.2, -0.15) is 0 Å². The van der Waals surface area contributed by atoms with Crippen LogP contribution in [0.15, 0.2) is 6.20 Å². The zero-order valence-electron chi connectivity index (χ0n) is 7.71. The number of carbonyl (C=O) groups excluding carboxylic acids is 1. The molecule has 6 heteroatoms. The second kappa shape index (κ2) is 4.57. The minimum Gasteiger partial charge on any atom is -0.350 e. The van der Waals surface area contributed by atoms with Crippen molar-refractivity contribution in [3.8, 4) is 0 Å². The first-order chi connectivity index (χ1) is 6.50. The van der Waals surface area contributed by atoms with Gasteiger partial charge in [0.05, 0.1) is 5.56 Å². The van der Waals surface area contributed by atoms with Crippen LogP contribution in [0.5, 0.6) is 0 Å². The summed E-state index contributed by atoms with van der Waals surface area (Å²) in [5.41, 5.74) is 0.227. The Bertz CT molecular complexity index is 354. The lowest BCUT2D eigenvalue weighted by atomic mass is 10.3. The molecule has 0 aliphatic rings. The van der Waals surface area contributed by atoms with E-state index in [0.717, 1.165) is 0 Å². The van der Waals surface area contributed by atoms with Gasteiger partial charge in [0.2, 0.25) is 5.28 Å². The fourth-order valence-corrected chi connectivity index (χ4v) is 1.22. The minimum atomic E-state index is -0.304. The Balaban J connectivity index is 2.90. The van der Waals surface area contributed by atoms with Crippen molar-refractivity contribution in [3.63, 3.8) is 0 Å². The first-order valence-electron chi connectivity index (χ1n) is 3.99. The van der Waals surface area contributed by atoms with E-state index in [9.17, 15) is 4.79 Å². The lowest BCUT2D eigenvalue weighted by Gasteiger charge is -2.08.